The molecule has 1 atom stereocenters. The molecule has 1 unspecified atom stereocenters. The molecular formula is C25H25NO5. The number of benzene rings is 3. The van der Waals surface area contributed by atoms with Gasteiger partial charge in [-0.2, -0.15) is 0 Å². The molecule has 1 aliphatic rings. The molecule has 3 aromatic carbocycles. The summed E-state index contributed by atoms with van der Waals surface area (Å²) in [5.41, 5.74) is 8.82. The van der Waals surface area contributed by atoms with Gasteiger partial charge in [-0.15, -0.1) is 0 Å². The first-order valence-corrected chi connectivity index (χ1v) is 10.2. The summed E-state index contributed by atoms with van der Waals surface area (Å²) in [6, 6.07) is 19.0. The molecule has 0 bridgehead atoms. The summed E-state index contributed by atoms with van der Waals surface area (Å²) >= 11 is 0. The summed E-state index contributed by atoms with van der Waals surface area (Å²) in [5, 5.41) is 0. The van der Waals surface area contributed by atoms with E-state index in [1.807, 2.05) is 54.6 Å². The highest BCUT2D eigenvalue weighted by Gasteiger charge is 2.32. The quantitative estimate of drug-likeness (QED) is 0.351. The Morgan fingerprint density at radius 2 is 1.61 bits per heavy atom. The van der Waals surface area contributed by atoms with Crippen LogP contribution in [0.15, 0.2) is 60.7 Å². The topological polar surface area (TPSA) is 80.0 Å². The Hall–Kier alpha value is -3.51. The van der Waals surface area contributed by atoms with Gasteiger partial charge in [0.25, 0.3) is 0 Å². The summed E-state index contributed by atoms with van der Waals surface area (Å²) in [4.78, 5) is 12.5. The Bertz CT molecular complexity index is 1100. The number of ether oxygens (including phenoxy) is 4. The molecule has 4 rings (SSSR count). The molecule has 0 saturated heterocycles. The highest BCUT2D eigenvalue weighted by molar-refractivity contribution is 5.92. The first kappa shape index (κ1) is 20.8. The van der Waals surface area contributed by atoms with Crippen molar-refractivity contribution in [1.82, 2.24) is 0 Å². The minimum absolute atomic E-state index is 0.210. The highest BCUT2D eigenvalue weighted by atomic mass is 16.5. The fourth-order valence-corrected chi connectivity index (χ4v) is 3.84. The van der Waals surface area contributed by atoms with Crippen LogP contribution in [-0.4, -0.2) is 33.3 Å². The fourth-order valence-electron chi connectivity index (χ4n) is 3.84. The van der Waals surface area contributed by atoms with E-state index >= 15 is 0 Å². The lowest BCUT2D eigenvalue weighted by Crippen LogP contribution is -2.16. The van der Waals surface area contributed by atoms with Gasteiger partial charge in [-0.3, -0.25) is 0 Å². The number of fused-ring (bicyclic) bond motifs is 2. The number of esters is 1. The molecule has 6 nitrogen and oxygen atoms in total. The molecule has 2 N–H and O–H groups in total. The normalized spacial score (nSPS) is 14.1. The maximum atomic E-state index is 12.5. The predicted molar refractivity (Wildman–Crippen MR) is 117 cm³/mol. The van der Waals surface area contributed by atoms with E-state index in [-0.39, 0.29) is 11.9 Å². The third-order valence-corrected chi connectivity index (χ3v) is 5.34. The molecule has 1 heterocycles. The molecule has 160 valence electrons. The molecule has 1 aliphatic heterocycles. The third-order valence-electron chi connectivity index (χ3n) is 5.34. The van der Waals surface area contributed by atoms with Gasteiger partial charge in [-0.1, -0.05) is 30.3 Å². The van der Waals surface area contributed by atoms with Crippen LogP contribution in [0.4, 0.5) is 0 Å². The van der Waals surface area contributed by atoms with E-state index < -0.39 is 0 Å². The maximum Gasteiger partial charge on any atom is 0.338 e. The zero-order chi connectivity index (χ0) is 21.8. The minimum Gasteiger partial charge on any atom is -0.497 e. The number of hydrogen-bond acceptors (Lipinski definition) is 6. The van der Waals surface area contributed by atoms with Gasteiger partial charge in [-0.05, 0) is 36.7 Å². The summed E-state index contributed by atoms with van der Waals surface area (Å²) in [7, 11) is 3.01. The van der Waals surface area contributed by atoms with Gasteiger partial charge in [0.05, 0.1) is 26.4 Å². The molecule has 3 aromatic rings. The van der Waals surface area contributed by atoms with Gasteiger partial charge < -0.3 is 24.7 Å². The summed E-state index contributed by atoms with van der Waals surface area (Å²) < 4.78 is 22.5. The van der Waals surface area contributed by atoms with Gasteiger partial charge >= 0.3 is 5.97 Å². The van der Waals surface area contributed by atoms with Crippen LogP contribution in [0.3, 0.4) is 0 Å². The lowest BCUT2D eigenvalue weighted by atomic mass is 9.80. The van der Waals surface area contributed by atoms with E-state index in [9.17, 15) is 4.79 Å². The second-order valence-corrected chi connectivity index (χ2v) is 7.21. The van der Waals surface area contributed by atoms with Crippen molar-refractivity contribution < 1.29 is 23.7 Å². The lowest BCUT2D eigenvalue weighted by Gasteiger charge is -2.30. The van der Waals surface area contributed by atoms with Gasteiger partial charge in [0.15, 0.2) is 0 Å². The number of carbonyl (C=O) groups excluding carboxylic acids is 1. The van der Waals surface area contributed by atoms with Crippen molar-refractivity contribution in [3.8, 4) is 23.0 Å². The molecule has 6 heteroatoms. The number of nitrogens with two attached hydrogens (primary N) is 1. The summed E-state index contributed by atoms with van der Waals surface area (Å²) in [6.07, 6.45) is 0.771. The van der Waals surface area contributed by atoms with Crippen LogP contribution in [0.5, 0.6) is 23.0 Å². The lowest BCUT2D eigenvalue weighted by molar-refractivity contribution is 0.0599. The van der Waals surface area contributed by atoms with Crippen molar-refractivity contribution in [2.75, 3.05) is 27.4 Å². The molecule has 0 saturated carbocycles. The molecule has 0 aliphatic carbocycles. The first-order chi connectivity index (χ1) is 15.2. The molecule has 0 amide bonds. The predicted octanol–water partition coefficient (Wildman–Crippen LogP) is 4.50. The molecule has 0 aromatic heterocycles. The van der Waals surface area contributed by atoms with E-state index in [1.165, 1.54) is 7.11 Å². The summed E-state index contributed by atoms with van der Waals surface area (Å²) in [5.74, 6) is 2.17. The van der Waals surface area contributed by atoms with Crippen LogP contribution in [0.2, 0.25) is 0 Å². The monoisotopic (exact) mass is 419 g/mol. The van der Waals surface area contributed by atoms with Crippen molar-refractivity contribution in [3.63, 3.8) is 0 Å². The zero-order valence-corrected chi connectivity index (χ0v) is 17.6. The molecule has 0 fully saturated rings. The number of hydrogen-bond donors (Lipinski definition) is 1. The SMILES string of the molecule is COC(=O)c1ccccc1C1c2ccc(OC)cc2Oc2cc(OCCCN)ccc21. The van der Waals surface area contributed by atoms with E-state index in [2.05, 4.69) is 0 Å². The Morgan fingerprint density at radius 3 is 2.29 bits per heavy atom. The molecule has 0 spiro atoms. The largest absolute Gasteiger partial charge is 0.497 e. The van der Waals surface area contributed by atoms with Gasteiger partial charge in [-0.25, -0.2) is 4.79 Å². The van der Waals surface area contributed by atoms with Crippen molar-refractivity contribution in [1.29, 1.82) is 0 Å². The van der Waals surface area contributed by atoms with E-state index in [1.54, 1.807) is 13.2 Å². The smallest absolute Gasteiger partial charge is 0.338 e. The average molecular weight is 419 g/mol. The first-order valence-electron chi connectivity index (χ1n) is 10.2. The maximum absolute atomic E-state index is 12.5. The van der Waals surface area contributed by atoms with Crippen molar-refractivity contribution in [3.05, 3.63) is 82.9 Å². The van der Waals surface area contributed by atoms with E-state index in [0.717, 1.165) is 23.1 Å². The Balaban J connectivity index is 1.85. The zero-order valence-electron chi connectivity index (χ0n) is 17.6. The Labute approximate surface area is 181 Å². The van der Waals surface area contributed by atoms with Crippen LogP contribution in [-0.2, 0) is 4.74 Å². The average Bonchev–Trinajstić information content (AvgIpc) is 2.81. The molecule has 0 radical (unpaired) electrons. The Morgan fingerprint density at radius 1 is 0.935 bits per heavy atom. The summed E-state index contributed by atoms with van der Waals surface area (Å²) in [6.45, 7) is 1.11. The van der Waals surface area contributed by atoms with Gasteiger partial charge in [0.1, 0.15) is 23.0 Å². The van der Waals surface area contributed by atoms with Crippen molar-refractivity contribution in [2.45, 2.75) is 12.3 Å². The number of carbonyl (C=O) groups is 1. The van der Waals surface area contributed by atoms with Gasteiger partial charge in [0.2, 0.25) is 0 Å². The van der Waals surface area contributed by atoms with Crippen LogP contribution in [0.1, 0.15) is 39.4 Å². The second-order valence-electron chi connectivity index (χ2n) is 7.21. The van der Waals surface area contributed by atoms with E-state index in [4.69, 9.17) is 24.7 Å². The van der Waals surface area contributed by atoms with Gasteiger partial charge in [0, 0.05) is 29.2 Å². The Kier molecular flexibility index (Phi) is 6.09. The highest BCUT2D eigenvalue weighted by Crippen LogP contribution is 2.49. The van der Waals surface area contributed by atoms with Crippen LogP contribution >= 0.6 is 0 Å². The standard InChI is InChI=1S/C25H25NO5/c1-28-16-8-10-20-22(14-16)31-23-15-17(30-13-5-12-26)9-11-21(23)24(20)18-6-3-4-7-19(18)25(27)29-2/h3-4,6-11,14-15,24H,5,12-13,26H2,1-2H3. The number of methoxy groups -OCH3 is 2. The number of rotatable bonds is 7. The van der Waals surface area contributed by atoms with E-state index in [0.29, 0.717) is 41.7 Å². The van der Waals surface area contributed by atoms with Crippen LogP contribution < -0.4 is 19.9 Å². The minimum atomic E-state index is -0.375. The fraction of sp³-hybridized carbons (Fsp3) is 0.240. The third kappa shape index (κ3) is 4.07. The van der Waals surface area contributed by atoms with Crippen molar-refractivity contribution in [2.24, 2.45) is 5.73 Å². The second kappa shape index (κ2) is 9.10. The van der Waals surface area contributed by atoms with Crippen LogP contribution in [0, 0.1) is 0 Å². The van der Waals surface area contributed by atoms with Crippen molar-refractivity contribution >= 4 is 5.97 Å². The molecular weight excluding hydrogens is 394 g/mol. The molecule has 31 heavy (non-hydrogen) atoms. The van der Waals surface area contributed by atoms with Crippen LogP contribution in [0.25, 0.3) is 0 Å².